The summed E-state index contributed by atoms with van der Waals surface area (Å²) in [6, 6.07) is 15.1. The summed E-state index contributed by atoms with van der Waals surface area (Å²) in [4.78, 5) is 15.3. The van der Waals surface area contributed by atoms with Gasteiger partial charge in [-0.15, -0.1) is 0 Å². The quantitative estimate of drug-likeness (QED) is 0.595. The van der Waals surface area contributed by atoms with Gasteiger partial charge < -0.3 is 9.64 Å². The molecule has 178 valence electrons. The van der Waals surface area contributed by atoms with Crippen LogP contribution in [0.2, 0.25) is 0 Å². The Labute approximate surface area is 197 Å². The van der Waals surface area contributed by atoms with E-state index in [4.69, 9.17) is 4.74 Å². The predicted octanol–water partition coefficient (Wildman–Crippen LogP) is 4.56. The van der Waals surface area contributed by atoms with E-state index in [-0.39, 0.29) is 11.9 Å². The van der Waals surface area contributed by atoms with Crippen molar-refractivity contribution in [2.75, 3.05) is 26.7 Å². The van der Waals surface area contributed by atoms with Gasteiger partial charge in [0.05, 0.1) is 18.0 Å². The standard InChI is InChI=1S/C26H34N2O4S/c1-32-23-9-6-8-22(20-23)25-10-7-19-28(25)26(29)16-13-21-11-14-24(15-12-21)33(30,31)27-17-4-2-3-5-18-27/h6,8-9,11-12,14-15,20,25H,2-5,7,10,13,16-19H2,1H3. The topological polar surface area (TPSA) is 66.9 Å². The molecule has 0 radical (unpaired) electrons. The van der Waals surface area contributed by atoms with Gasteiger partial charge in [-0.25, -0.2) is 8.42 Å². The highest BCUT2D eigenvalue weighted by atomic mass is 32.2. The molecule has 2 aliphatic heterocycles. The number of hydrogen-bond donors (Lipinski definition) is 0. The van der Waals surface area contributed by atoms with Crippen molar-refractivity contribution in [2.45, 2.75) is 62.3 Å². The molecule has 0 aromatic heterocycles. The second-order valence-electron chi connectivity index (χ2n) is 8.98. The number of amides is 1. The van der Waals surface area contributed by atoms with Crippen LogP contribution in [0.5, 0.6) is 5.75 Å². The van der Waals surface area contributed by atoms with Crippen molar-refractivity contribution in [1.82, 2.24) is 9.21 Å². The molecule has 0 aliphatic carbocycles. The molecule has 2 fully saturated rings. The van der Waals surface area contributed by atoms with Gasteiger partial charge in [-0.05, 0) is 67.5 Å². The fraction of sp³-hybridized carbons (Fsp3) is 0.500. The maximum Gasteiger partial charge on any atom is 0.243 e. The van der Waals surface area contributed by atoms with Gasteiger partial charge in [0.2, 0.25) is 15.9 Å². The van der Waals surface area contributed by atoms with E-state index in [9.17, 15) is 13.2 Å². The molecule has 6 nitrogen and oxygen atoms in total. The molecule has 1 unspecified atom stereocenters. The number of benzene rings is 2. The Morgan fingerprint density at radius 2 is 1.70 bits per heavy atom. The number of carbonyl (C=O) groups is 1. The number of ether oxygens (including phenoxy) is 1. The maximum atomic E-state index is 13.0. The van der Waals surface area contributed by atoms with Crippen LogP contribution in [0.1, 0.15) is 62.1 Å². The molecule has 0 N–H and O–H groups in total. The van der Waals surface area contributed by atoms with Gasteiger partial charge in [0, 0.05) is 26.1 Å². The van der Waals surface area contributed by atoms with Crippen molar-refractivity contribution in [3.05, 3.63) is 59.7 Å². The lowest BCUT2D eigenvalue weighted by atomic mass is 10.0. The summed E-state index contributed by atoms with van der Waals surface area (Å²) in [5.41, 5.74) is 2.10. The third kappa shape index (κ3) is 5.58. The lowest BCUT2D eigenvalue weighted by Gasteiger charge is -2.25. The number of nitrogens with zero attached hydrogens (tertiary/aromatic N) is 2. The molecular weight excluding hydrogens is 436 g/mol. The second-order valence-corrected chi connectivity index (χ2v) is 10.9. The van der Waals surface area contributed by atoms with Crippen LogP contribution in [0.4, 0.5) is 0 Å². The fourth-order valence-corrected chi connectivity index (χ4v) is 6.43. The molecule has 1 atom stereocenters. The van der Waals surface area contributed by atoms with E-state index in [1.54, 1.807) is 23.5 Å². The predicted molar refractivity (Wildman–Crippen MR) is 129 cm³/mol. The summed E-state index contributed by atoms with van der Waals surface area (Å²) in [5, 5.41) is 0. The first-order chi connectivity index (χ1) is 16.0. The number of sulfonamides is 1. The zero-order valence-electron chi connectivity index (χ0n) is 19.4. The van der Waals surface area contributed by atoms with Crippen molar-refractivity contribution < 1.29 is 17.9 Å². The van der Waals surface area contributed by atoms with E-state index in [1.807, 2.05) is 35.2 Å². The van der Waals surface area contributed by atoms with Crippen LogP contribution in [-0.4, -0.2) is 50.3 Å². The Hall–Kier alpha value is -2.38. The molecule has 1 amide bonds. The first-order valence-electron chi connectivity index (χ1n) is 12.0. The van der Waals surface area contributed by atoms with Crippen molar-refractivity contribution in [3.8, 4) is 5.75 Å². The third-order valence-corrected chi connectivity index (χ3v) is 8.72. The molecule has 0 spiro atoms. The number of rotatable bonds is 7. The van der Waals surface area contributed by atoms with Gasteiger partial charge in [-0.1, -0.05) is 37.1 Å². The average molecular weight is 471 g/mol. The van der Waals surface area contributed by atoms with Crippen molar-refractivity contribution in [2.24, 2.45) is 0 Å². The number of likely N-dealkylation sites (tertiary alicyclic amines) is 1. The van der Waals surface area contributed by atoms with Gasteiger partial charge >= 0.3 is 0 Å². The zero-order chi connectivity index (χ0) is 23.3. The van der Waals surface area contributed by atoms with E-state index in [0.29, 0.717) is 30.8 Å². The van der Waals surface area contributed by atoms with Gasteiger partial charge in [0.25, 0.3) is 0 Å². The number of carbonyl (C=O) groups excluding carboxylic acids is 1. The van der Waals surface area contributed by atoms with Gasteiger partial charge in [-0.3, -0.25) is 4.79 Å². The fourth-order valence-electron chi connectivity index (χ4n) is 4.91. The Balaban J connectivity index is 1.37. The number of methoxy groups -OCH3 is 1. The third-order valence-electron chi connectivity index (χ3n) is 6.81. The summed E-state index contributed by atoms with van der Waals surface area (Å²) in [6.07, 6.45) is 7.00. The Morgan fingerprint density at radius 3 is 2.39 bits per heavy atom. The van der Waals surface area contributed by atoms with Crippen LogP contribution in [-0.2, 0) is 21.2 Å². The van der Waals surface area contributed by atoms with Crippen LogP contribution in [0.3, 0.4) is 0 Å². The molecule has 4 rings (SSSR count). The van der Waals surface area contributed by atoms with Crippen molar-refractivity contribution in [3.63, 3.8) is 0 Å². The highest BCUT2D eigenvalue weighted by Crippen LogP contribution is 2.34. The molecule has 33 heavy (non-hydrogen) atoms. The van der Waals surface area contributed by atoms with E-state index in [2.05, 4.69) is 6.07 Å². The molecule has 0 bridgehead atoms. The summed E-state index contributed by atoms with van der Waals surface area (Å²) >= 11 is 0. The van der Waals surface area contributed by atoms with Gasteiger partial charge in [0.15, 0.2) is 0 Å². The zero-order valence-corrected chi connectivity index (χ0v) is 20.2. The maximum absolute atomic E-state index is 13.0. The van der Waals surface area contributed by atoms with Crippen molar-refractivity contribution >= 4 is 15.9 Å². The molecule has 2 aromatic rings. The van der Waals surface area contributed by atoms with E-state index < -0.39 is 10.0 Å². The van der Waals surface area contributed by atoms with E-state index >= 15 is 0 Å². The van der Waals surface area contributed by atoms with E-state index in [0.717, 1.165) is 61.9 Å². The molecule has 2 saturated heterocycles. The summed E-state index contributed by atoms with van der Waals surface area (Å²) in [6.45, 7) is 1.97. The summed E-state index contributed by atoms with van der Waals surface area (Å²) in [5.74, 6) is 0.948. The minimum Gasteiger partial charge on any atom is -0.497 e. The molecule has 2 heterocycles. The van der Waals surface area contributed by atoms with E-state index in [1.165, 1.54) is 0 Å². The lowest BCUT2D eigenvalue weighted by molar-refractivity contribution is -0.132. The number of hydrogen-bond acceptors (Lipinski definition) is 4. The highest BCUT2D eigenvalue weighted by molar-refractivity contribution is 7.89. The first-order valence-corrected chi connectivity index (χ1v) is 13.5. The summed E-state index contributed by atoms with van der Waals surface area (Å²) in [7, 11) is -1.79. The molecule has 0 saturated carbocycles. The average Bonchev–Trinajstić information content (AvgIpc) is 3.17. The van der Waals surface area contributed by atoms with Crippen LogP contribution < -0.4 is 4.74 Å². The Kier molecular flexibility index (Phi) is 7.71. The van der Waals surface area contributed by atoms with Crippen LogP contribution in [0, 0.1) is 0 Å². The number of aryl methyl sites for hydroxylation is 1. The monoisotopic (exact) mass is 470 g/mol. The lowest BCUT2D eigenvalue weighted by Crippen LogP contribution is -2.32. The molecular formula is C26H34N2O4S. The van der Waals surface area contributed by atoms with Crippen LogP contribution in [0.15, 0.2) is 53.4 Å². The largest absolute Gasteiger partial charge is 0.497 e. The highest BCUT2D eigenvalue weighted by Gasteiger charge is 2.30. The van der Waals surface area contributed by atoms with Gasteiger partial charge in [0.1, 0.15) is 5.75 Å². The summed E-state index contributed by atoms with van der Waals surface area (Å²) < 4.78 is 32.9. The normalized spacial score (nSPS) is 19.9. The minimum atomic E-state index is -3.44. The first kappa shape index (κ1) is 23.8. The smallest absolute Gasteiger partial charge is 0.243 e. The van der Waals surface area contributed by atoms with Gasteiger partial charge in [-0.2, -0.15) is 4.31 Å². The molecule has 2 aliphatic rings. The molecule has 2 aromatic carbocycles. The Morgan fingerprint density at radius 1 is 0.970 bits per heavy atom. The second kappa shape index (κ2) is 10.7. The SMILES string of the molecule is COc1cccc(C2CCCN2C(=O)CCc2ccc(S(=O)(=O)N3CCCCCC3)cc2)c1. The molecule has 7 heteroatoms. The van der Waals surface area contributed by atoms with Crippen molar-refractivity contribution in [1.29, 1.82) is 0 Å². The minimum absolute atomic E-state index is 0.0914. The van der Waals surface area contributed by atoms with Crippen LogP contribution in [0.25, 0.3) is 0 Å². The van der Waals surface area contributed by atoms with Crippen LogP contribution >= 0.6 is 0 Å². The Bertz CT molecular complexity index is 1040.